The first-order valence-electron chi connectivity index (χ1n) is 9.65. The van der Waals surface area contributed by atoms with E-state index < -0.39 is 0 Å². The van der Waals surface area contributed by atoms with Crippen LogP contribution in [0.25, 0.3) is 0 Å². The van der Waals surface area contributed by atoms with Crippen molar-refractivity contribution in [2.45, 2.75) is 49.6 Å². The summed E-state index contributed by atoms with van der Waals surface area (Å²) in [4.78, 5) is 29.9. The molecule has 6 nitrogen and oxygen atoms in total. The van der Waals surface area contributed by atoms with Gasteiger partial charge in [0.25, 0.3) is 0 Å². The van der Waals surface area contributed by atoms with Crippen LogP contribution in [0, 0.1) is 0 Å². The molecule has 0 bridgehead atoms. The number of benzene rings is 1. The molecule has 2 saturated heterocycles. The minimum Gasteiger partial charge on any atom is -0.381 e. The van der Waals surface area contributed by atoms with Crippen LogP contribution in [0.4, 0.5) is 10.5 Å². The van der Waals surface area contributed by atoms with E-state index in [2.05, 4.69) is 10.2 Å². The Labute approximate surface area is 165 Å². The zero-order valence-electron chi connectivity index (χ0n) is 16.1. The van der Waals surface area contributed by atoms with Gasteiger partial charge < -0.3 is 19.9 Å². The maximum absolute atomic E-state index is 12.6. The molecule has 0 radical (unpaired) electrons. The molecule has 1 N–H and O–H groups in total. The number of anilines is 1. The monoisotopic (exact) mass is 391 g/mol. The summed E-state index contributed by atoms with van der Waals surface area (Å²) in [7, 11) is 0. The molecule has 0 aliphatic carbocycles. The Bertz CT molecular complexity index is 656. The lowest BCUT2D eigenvalue weighted by Gasteiger charge is -2.43. The number of carbonyl (C=O) groups is 2. The first-order chi connectivity index (χ1) is 13.1. The lowest BCUT2D eigenvalue weighted by Crippen LogP contribution is -2.53. The normalized spacial score (nSPS) is 19.0. The Balaban J connectivity index is 1.55. The van der Waals surface area contributed by atoms with E-state index in [9.17, 15) is 9.59 Å². The van der Waals surface area contributed by atoms with Crippen LogP contribution in [0.5, 0.6) is 0 Å². The van der Waals surface area contributed by atoms with Gasteiger partial charge in [-0.2, -0.15) is 0 Å². The third-order valence-electron chi connectivity index (χ3n) is 5.41. The number of amides is 3. The molecule has 7 heteroatoms. The maximum Gasteiger partial charge on any atom is 0.321 e. The molecule has 1 aromatic carbocycles. The summed E-state index contributed by atoms with van der Waals surface area (Å²) in [6, 6.07) is 8.30. The van der Waals surface area contributed by atoms with Crippen LogP contribution in [0.3, 0.4) is 0 Å². The van der Waals surface area contributed by atoms with E-state index >= 15 is 0 Å². The van der Waals surface area contributed by atoms with Crippen LogP contribution in [-0.2, 0) is 9.53 Å². The molecule has 1 aromatic rings. The molecule has 0 unspecified atom stereocenters. The second-order valence-electron chi connectivity index (χ2n) is 7.15. The highest BCUT2D eigenvalue weighted by molar-refractivity contribution is 7.98. The summed E-state index contributed by atoms with van der Waals surface area (Å²) in [5.41, 5.74) is 0.821. The fourth-order valence-electron chi connectivity index (χ4n) is 4.03. The van der Waals surface area contributed by atoms with E-state index in [1.165, 1.54) is 0 Å². The van der Waals surface area contributed by atoms with Crippen molar-refractivity contribution in [3.8, 4) is 0 Å². The molecule has 3 rings (SSSR count). The number of nitrogens with one attached hydrogen (secondary N) is 1. The minimum absolute atomic E-state index is 0.0628. The van der Waals surface area contributed by atoms with Gasteiger partial charge >= 0.3 is 6.03 Å². The lowest BCUT2D eigenvalue weighted by atomic mass is 9.98. The summed E-state index contributed by atoms with van der Waals surface area (Å²) in [5.74, 6) is 0.138. The Morgan fingerprint density at radius 1 is 1.15 bits per heavy atom. The van der Waals surface area contributed by atoms with Gasteiger partial charge in [-0.05, 0) is 50.1 Å². The van der Waals surface area contributed by atoms with Crippen molar-refractivity contribution in [1.82, 2.24) is 9.80 Å². The first-order valence-corrected chi connectivity index (χ1v) is 10.9. The molecule has 3 amide bonds. The van der Waals surface area contributed by atoms with Gasteiger partial charge in [0.05, 0.1) is 0 Å². The van der Waals surface area contributed by atoms with E-state index in [1.54, 1.807) is 18.7 Å². The van der Waals surface area contributed by atoms with Crippen molar-refractivity contribution in [2.24, 2.45) is 0 Å². The lowest BCUT2D eigenvalue weighted by molar-refractivity contribution is -0.137. The molecule has 0 spiro atoms. The van der Waals surface area contributed by atoms with Gasteiger partial charge in [0, 0.05) is 55.9 Å². The van der Waals surface area contributed by atoms with Crippen LogP contribution < -0.4 is 5.32 Å². The Kier molecular flexibility index (Phi) is 7.01. The average Bonchev–Trinajstić information content (AvgIpc) is 2.69. The highest BCUT2D eigenvalue weighted by Gasteiger charge is 2.33. The van der Waals surface area contributed by atoms with Crippen molar-refractivity contribution in [1.29, 1.82) is 0 Å². The van der Waals surface area contributed by atoms with Crippen LogP contribution in [0.2, 0.25) is 0 Å². The Morgan fingerprint density at radius 2 is 1.81 bits per heavy atom. The molecular weight excluding hydrogens is 362 g/mol. The molecular formula is C20H29N3O3S. The van der Waals surface area contributed by atoms with Crippen LogP contribution in [0.15, 0.2) is 29.2 Å². The van der Waals surface area contributed by atoms with Gasteiger partial charge in [-0.3, -0.25) is 4.79 Å². The largest absolute Gasteiger partial charge is 0.381 e. The highest BCUT2D eigenvalue weighted by Crippen LogP contribution is 2.25. The van der Waals surface area contributed by atoms with Crippen molar-refractivity contribution >= 4 is 29.4 Å². The van der Waals surface area contributed by atoms with Crippen molar-refractivity contribution in [3.63, 3.8) is 0 Å². The van der Waals surface area contributed by atoms with Crippen molar-refractivity contribution in [2.75, 3.05) is 37.9 Å². The van der Waals surface area contributed by atoms with E-state index in [4.69, 9.17) is 4.74 Å². The topological polar surface area (TPSA) is 61.9 Å². The fraction of sp³-hybridized carbons (Fsp3) is 0.600. The second-order valence-corrected chi connectivity index (χ2v) is 8.03. The van der Waals surface area contributed by atoms with E-state index in [-0.39, 0.29) is 24.0 Å². The van der Waals surface area contributed by atoms with E-state index in [0.717, 1.165) is 49.5 Å². The fourth-order valence-corrected chi connectivity index (χ4v) is 4.49. The number of piperidine rings is 1. The molecule has 0 atom stereocenters. The van der Waals surface area contributed by atoms with Crippen molar-refractivity contribution in [3.05, 3.63) is 24.3 Å². The molecule has 2 aliphatic rings. The number of hydrogen-bond acceptors (Lipinski definition) is 4. The van der Waals surface area contributed by atoms with Gasteiger partial charge in [0.1, 0.15) is 0 Å². The summed E-state index contributed by atoms with van der Waals surface area (Å²) in [5, 5.41) is 2.99. The number of nitrogens with zero attached hydrogens (tertiary/aromatic N) is 2. The number of carbonyl (C=O) groups excluding carboxylic acids is 2. The average molecular weight is 392 g/mol. The quantitative estimate of drug-likeness (QED) is 0.799. The highest BCUT2D eigenvalue weighted by atomic mass is 32.2. The number of ether oxygens (including phenoxy) is 1. The standard InChI is InChI=1S/C20H29N3O3S/c1-15(24)23(18-8-12-26-13-9-18)17-6-10-22(11-7-17)20(25)21-16-4-3-5-19(14-16)27-2/h3-5,14,17-18H,6-13H2,1-2H3,(H,21,25). The first kappa shape index (κ1) is 20.0. The van der Waals surface area contributed by atoms with Crippen LogP contribution in [0.1, 0.15) is 32.6 Å². The third-order valence-corrected chi connectivity index (χ3v) is 6.14. The van der Waals surface area contributed by atoms with Gasteiger partial charge in [0.15, 0.2) is 0 Å². The van der Waals surface area contributed by atoms with E-state index in [0.29, 0.717) is 13.1 Å². The van der Waals surface area contributed by atoms with Crippen LogP contribution in [-0.4, -0.2) is 66.4 Å². The molecule has 2 aliphatic heterocycles. The predicted octanol–water partition coefficient (Wildman–Crippen LogP) is 3.43. The molecule has 0 saturated carbocycles. The molecule has 2 fully saturated rings. The zero-order chi connectivity index (χ0) is 19.2. The number of rotatable bonds is 4. The summed E-state index contributed by atoms with van der Waals surface area (Å²) in [6.45, 7) is 4.46. The molecule has 27 heavy (non-hydrogen) atoms. The summed E-state index contributed by atoms with van der Waals surface area (Å²) >= 11 is 1.65. The number of hydrogen-bond donors (Lipinski definition) is 1. The van der Waals surface area contributed by atoms with Gasteiger partial charge in [-0.25, -0.2) is 4.79 Å². The second kappa shape index (κ2) is 9.46. The Hall–Kier alpha value is -1.73. The zero-order valence-corrected chi connectivity index (χ0v) is 17.0. The maximum atomic E-state index is 12.6. The number of thioether (sulfide) groups is 1. The number of urea groups is 1. The van der Waals surface area contributed by atoms with Gasteiger partial charge in [-0.15, -0.1) is 11.8 Å². The molecule has 2 heterocycles. The van der Waals surface area contributed by atoms with Gasteiger partial charge in [0.2, 0.25) is 5.91 Å². The van der Waals surface area contributed by atoms with Gasteiger partial charge in [-0.1, -0.05) is 6.07 Å². The molecule has 148 valence electrons. The smallest absolute Gasteiger partial charge is 0.321 e. The molecule has 0 aromatic heterocycles. The number of likely N-dealkylation sites (tertiary alicyclic amines) is 1. The third kappa shape index (κ3) is 5.17. The van der Waals surface area contributed by atoms with Crippen molar-refractivity contribution < 1.29 is 14.3 Å². The van der Waals surface area contributed by atoms with E-state index in [1.807, 2.05) is 35.4 Å². The SMILES string of the molecule is CSc1cccc(NC(=O)N2CCC(N(C(C)=O)C3CCOCC3)CC2)c1. The minimum atomic E-state index is -0.0628. The van der Waals surface area contributed by atoms with Crippen LogP contribution >= 0.6 is 11.8 Å². The predicted molar refractivity (Wildman–Crippen MR) is 108 cm³/mol. The Morgan fingerprint density at radius 3 is 2.44 bits per heavy atom. The summed E-state index contributed by atoms with van der Waals surface area (Å²) < 4.78 is 5.44. The summed E-state index contributed by atoms with van der Waals surface area (Å²) in [6.07, 6.45) is 5.49.